The smallest absolute Gasteiger partial charge is 0.353 e. The third kappa shape index (κ3) is 2.82. The van der Waals surface area contributed by atoms with Gasteiger partial charge in [-0.1, -0.05) is 35.5 Å². The number of esters is 1. The minimum atomic E-state index is -1.11. The Bertz CT molecular complexity index is 520. The van der Waals surface area contributed by atoms with Gasteiger partial charge in [0.2, 0.25) is 5.60 Å². The van der Waals surface area contributed by atoms with Gasteiger partial charge in [-0.3, -0.25) is 0 Å². The molecule has 1 aliphatic rings. The molecule has 0 amide bonds. The van der Waals surface area contributed by atoms with Crippen molar-refractivity contribution in [2.45, 2.75) is 37.8 Å². The molecule has 0 radical (unpaired) electrons. The highest BCUT2D eigenvalue weighted by molar-refractivity contribution is 5.98. The van der Waals surface area contributed by atoms with E-state index in [2.05, 4.69) is 5.16 Å². The van der Waals surface area contributed by atoms with Crippen LogP contribution >= 0.6 is 0 Å². The van der Waals surface area contributed by atoms with E-state index >= 15 is 0 Å². The van der Waals surface area contributed by atoms with Crippen molar-refractivity contribution in [1.82, 2.24) is 0 Å². The summed E-state index contributed by atoms with van der Waals surface area (Å²) >= 11 is 0. The minimum Gasteiger partial charge on any atom is -0.466 e. The Morgan fingerprint density at radius 1 is 1.45 bits per heavy atom. The number of carbonyl (C=O) groups is 1. The molecule has 5 nitrogen and oxygen atoms in total. The van der Waals surface area contributed by atoms with Gasteiger partial charge in [-0.05, 0) is 19.4 Å². The molecule has 108 valence electrons. The number of ether oxygens (including phenoxy) is 1. The Labute approximate surface area is 118 Å². The maximum Gasteiger partial charge on any atom is 0.353 e. The molecule has 0 aromatic heterocycles. The molecule has 1 atom stereocenters. The first-order valence-electron chi connectivity index (χ1n) is 6.54. The highest BCUT2D eigenvalue weighted by atomic mass is 16.7. The molecule has 1 aliphatic heterocycles. The van der Waals surface area contributed by atoms with Gasteiger partial charge in [-0.2, -0.15) is 0 Å². The lowest BCUT2D eigenvalue weighted by molar-refractivity contribution is -0.166. The Morgan fingerprint density at radius 3 is 2.60 bits per heavy atom. The number of benzene rings is 1. The quantitative estimate of drug-likeness (QED) is 0.849. The van der Waals surface area contributed by atoms with Gasteiger partial charge < -0.3 is 15.3 Å². The number of methoxy groups -OCH3 is 1. The maximum atomic E-state index is 12.2. The van der Waals surface area contributed by atoms with Crippen LogP contribution in [0.2, 0.25) is 0 Å². The van der Waals surface area contributed by atoms with Crippen LogP contribution in [0.25, 0.3) is 0 Å². The molecule has 5 heteroatoms. The van der Waals surface area contributed by atoms with Crippen molar-refractivity contribution in [2.24, 2.45) is 10.9 Å². The second-order valence-electron chi connectivity index (χ2n) is 5.68. The van der Waals surface area contributed by atoms with Crippen LogP contribution < -0.4 is 5.73 Å². The van der Waals surface area contributed by atoms with E-state index in [0.29, 0.717) is 18.6 Å². The fraction of sp³-hybridized carbons (Fsp3) is 0.467. The van der Waals surface area contributed by atoms with E-state index in [1.54, 1.807) is 0 Å². The van der Waals surface area contributed by atoms with Crippen LogP contribution in [0.1, 0.15) is 25.8 Å². The summed E-state index contributed by atoms with van der Waals surface area (Å²) in [6.45, 7) is 3.68. The van der Waals surface area contributed by atoms with Gasteiger partial charge in [-0.25, -0.2) is 4.79 Å². The topological polar surface area (TPSA) is 73.9 Å². The second kappa shape index (κ2) is 5.25. The fourth-order valence-corrected chi connectivity index (χ4v) is 2.21. The minimum absolute atomic E-state index is 0.345. The molecule has 20 heavy (non-hydrogen) atoms. The van der Waals surface area contributed by atoms with E-state index < -0.39 is 17.1 Å². The molecule has 1 unspecified atom stereocenters. The van der Waals surface area contributed by atoms with Crippen molar-refractivity contribution >= 4 is 11.7 Å². The number of hydrogen-bond donors (Lipinski definition) is 1. The standard InChI is InChI=1S/C15H20N2O3/c1-14(2,16)12-10-15(20-17-12,13(18)19-3)9-11-7-5-4-6-8-11/h4-8H,9-10,16H2,1-3H3. The predicted molar refractivity (Wildman–Crippen MR) is 76.3 cm³/mol. The molecule has 1 aromatic rings. The van der Waals surface area contributed by atoms with E-state index in [1.165, 1.54) is 7.11 Å². The first-order valence-corrected chi connectivity index (χ1v) is 6.54. The summed E-state index contributed by atoms with van der Waals surface area (Å²) in [5, 5.41) is 4.02. The van der Waals surface area contributed by atoms with Crippen molar-refractivity contribution in [3.8, 4) is 0 Å². The zero-order valence-corrected chi connectivity index (χ0v) is 12.1. The zero-order chi connectivity index (χ0) is 14.8. The summed E-state index contributed by atoms with van der Waals surface area (Å²) in [7, 11) is 1.35. The van der Waals surface area contributed by atoms with Crippen LogP contribution in [0.3, 0.4) is 0 Å². The number of rotatable bonds is 4. The lowest BCUT2D eigenvalue weighted by atomic mass is 9.85. The molecule has 1 aromatic carbocycles. The molecule has 0 bridgehead atoms. The summed E-state index contributed by atoms with van der Waals surface area (Å²) in [5.74, 6) is -0.427. The number of nitrogens with two attached hydrogens (primary N) is 1. The molecular formula is C15H20N2O3. The summed E-state index contributed by atoms with van der Waals surface area (Å²) < 4.78 is 4.89. The number of oxime groups is 1. The monoisotopic (exact) mass is 276 g/mol. The molecule has 2 N–H and O–H groups in total. The average Bonchev–Trinajstić information content (AvgIpc) is 2.84. The van der Waals surface area contributed by atoms with Crippen molar-refractivity contribution in [3.05, 3.63) is 35.9 Å². The van der Waals surface area contributed by atoms with Gasteiger partial charge in [0.25, 0.3) is 0 Å². The highest BCUT2D eigenvalue weighted by Gasteiger charge is 2.49. The Morgan fingerprint density at radius 2 is 2.10 bits per heavy atom. The number of carbonyl (C=O) groups excluding carboxylic acids is 1. The van der Waals surface area contributed by atoms with Gasteiger partial charge in [0.05, 0.1) is 18.4 Å². The van der Waals surface area contributed by atoms with Crippen LogP contribution in [0, 0.1) is 0 Å². The molecule has 0 aliphatic carbocycles. The predicted octanol–water partition coefficient (Wildman–Crippen LogP) is 1.65. The molecule has 0 spiro atoms. The van der Waals surface area contributed by atoms with Crippen molar-refractivity contribution in [3.63, 3.8) is 0 Å². The van der Waals surface area contributed by atoms with Crippen molar-refractivity contribution in [1.29, 1.82) is 0 Å². The number of hydrogen-bond acceptors (Lipinski definition) is 5. The third-order valence-corrected chi connectivity index (χ3v) is 3.42. The SMILES string of the molecule is COC(=O)C1(Cc2ccccc2)CC(C(C)(C)N)=NO1. The van der Waals surface area contributed by atoms with Crippen LogP contribution in [0.5, 0.6) is 0 Å². The molecular weight excluding hydrogens is 256 g/mol. The molecule has 1 heterocycles. The maximum absolute atomic E-state index is 12.2. The molecule has 0 saturated carbocycles. The largest absolute Gasteiger partial charge is 0.466 e. The van der Waals surface area contributed by atoms with Crippen LogP contribution in [0.4, 0.5) is 0 Å². The van der Waals surface area contributed by atoms with Gasteiger partial charge in [0, 0.05) is 12.8 Å². The Balaban J connectivity index is 2.25. The Kier molecular flexibility index (Phi) is 3.81. The third-order valence-electron chi connectivity index (χ3n) is 3.42. The number of nitrogens with zero attached hydrogens (tertiary/aromatic N) is 1. The molecule has 0 fully saturated rings. The van der Waals surface area contributed by atoms with Crippen molar-refractivity contribution < 1.29 is 14.4 Å². The lowest BCUT2D eigenvalue weighted by Crippen LogP contribution is -2.47. The average molecular weight is 276 g/mol. The van der Waals surface area contributed by atoms with Crippen molar-refractivity contribution in [2.75, 3.05) is 7.11 Å². The van der Waals surface area contributed by atoms with E-state index in [9.17, 15) is 4.79 Å². The van der Waals surface area contributed by atoms with E-state index in [1.807, 2.05) is 44.2 Å². The summed E-state index contributed by atoms with van der Waals surface area (Å²) in [6, 6.07) is 9.65. The van der Waals surface area contributed by atoms with Crippen LogP contribution in [-0.4, -0.2) is 29.9 Å². The highest BCUT2D eigenvalue weighted by Crippen LogP contribution is 2.32. The van der Waals surface area contributed by atoms with E-state index in [4.69, 9.17) is 15.3 Å². The van der Waals surface area contributed by atoms with E-state index in [0.717, 1.165) is 5.56 Å². The second-order valence-corrected chi connectivity index (χ2v) is 5.68. The summed E-state index contributed by atoms with van der Waals surface area (Å²) in [5.41, 5.74) is 5.96. The molecule has 0 saturated heterocycles. The van der Waals surface area contributed by atoms with Gasteiger partial charge in [0.1, 0.15) is 0 Å². The van der Waals surface area contributed by atoms with Crippen LogP contribution in [-0.2, 0) is 20.8 Å². The van der Waals surface area contributed by atoms with Gasteiger partial charge >= 0.3 is 5.97 Å². The van der Waals surface area contributed by atoms with E-state index in [-0.39, 0.29) is 0 Å². The Hall–Kier alpha value is -1.88. The lowest BCUT2D eigenvalue weighted by Gasteiger charge is -2.25. The first-order chi connectivity index (χ1) is 9.37. The zero-order valence-electron chi connectivity index (χ0n) is 12.1. The fourth-order valence-electron chi connectivity index (χ4n) is 2.21. The van der Waals surface area contributed by atoms with Gasteiger partial charge in [0.15, 0.2) is 0 Å². The first kappa shape index (κ1) is 14.5. The normalized spacial score (nSPS) is 22.1. The van der Waals surface area contributed by atoms with Gasteiger partial charge in [-0.15, -0.1) is 0 Å². The summed E-state index contributed by atoms with van der Waals surface area (Å²) in [4.78, 5) is 17.6. The van der Waals surface area contributed by atoms with Crippen LogP contribution in [0.15, 0.2) is 35.5 Å². The molecule has 2 rings (SSSR count). The summed E-state index contributed by atoms with van der Waals surface area (Å²) in [6.07, 6.45) is 0.752.